The van der Waals surface area contributed by atoms with E-state index in [1.165, 1.54) is 0 Å². The van der Waals surface area contributed by atoms with Gasteiger partial charge in [0.2, 0.25) is 0 Å². The fourth-order valence-electron chi connectivity index (χ4n) is 2.87. The number of unbranched alkanes of at least 4 members (excludes halogenated alkanes) is 2. The van der Waals surface area contributed by atoms with E-state index in [1.54, 1.807) is 29.2 Å². The third-order valence-electron chi connectivity index (χ3n) is 4.33. The van der Waals surface area contributed by atoms with Gasteiger partial charge in [-0.1, -0.05) is 26.7 Å². The molecule has 2 rings (SSSR count). The maximum absolute atomic E-state index is 12.5. The lowest BCUT2D eigenvalue weighted by Crippen LogP contribution is -2.29. The van der Waals surface area contributed by atoms with Gasteiger partial charge in [-0.05, 0) is 36.6 Å². The molecule has 1 aromatic carbocycles. The van der Waals surface area contributed by atoms with Gasteiger partial charge in [0.05, 0.1) is 12.5 Å². The molecular formula is C18H25NO4. The first-order valence-corrected chi connectivity index (χ1v) is 8.28. The van der Waals surface area contributed by atoms with Gasteiger partial charge < -0.3 is 14.7 Å². The first kappa shape index (κ1) is 17.3. The highest BCUT2D eigenvalue weighted by Crippen LogP contribution is 2.25. The molecular weight excluding hydrogens is 294 g/mol. The Kier molecular flexibility index (Phi) is 6.02. The number of likely N-dealkylation sites (tertiary alicyclic amines) is 1. The number of carbonyl (C=O) groups excluding carboxylic acids is 1. The quantitative estimate of drug-likeness (QED) is 0.784. The Morgan fingerprint density at radius 1 is 1.22 bits per heavy atom. The SMILES string of the molecule is CCCCCOc1ccc(C(=O)N2C[C@@H](C)[C@H](C(=O)O)C2)cc1. The summed E-state index contributed by atoms with van der Waals surface area (Å²) in [7, 11) is 0. The lowest BCUT2D eigenvalue weighted by molar-refractivity contribution is -0.142. The summed E-state index contributed by atoms with van der Waals surface area (Å²) in [6.45, 7) is 5.48. The summed E-state index contributed by atoms with van der Waals surface area (Å²) in [5.74, 6) is -0.671. The molecule has 5 nitrogen and oxygen atoms in total. The first-order valence-electron chi connectivity index (χ1n) is 8.28. The zero-order valence-corrected chi connectivity index (χ0v) is 13.8. The molecule has 126 valence electrons. The number of amides is 1. The molecule has 1 aliphatic heterocycles. The number of ether oxygens (including phenoxy) is 1. The number of carboxylic acids is 1. The summed E-state index contributed by atoms with van der Waals surface area (Å²) in [5.41, 5.74) is 0.573. The molecule has 1 fully saturated rings. The van der Waals surface area contributed by atoms with E-state index in [1.807, 2.05) is 6.92 Å². The number of hydrogen-bond acceptors (Lipinski definition) is 3. The minimum atomic E-state index is -0.830. The first-order chi connectivity index (χ1) is 11.0. The lowest BCUT2D eigenvalue weighted by Gasteiger charge is -2.16. The van der Waals surface area contributed by atoms with Crippen molar-refractivity contribution in [3.63, 3.8) is 0 Å². The van der Waals surface area contributed by atoms with Crippen LogP contribution in [0.3, 0.4) is 0 Å². The minimum absolute atomic E-state index is 0.0161. The highest BCUT2D eigenvalue weighted by molar-refractivity contribution is 5.95. The summed E-state index contributed by atoms with van der Waals surface area (Å²) in [6, 6.07) is 7.09. The highest BCUT2D eigenvalue weighted by Gasteiger charge is 2.37. The number of benzene rings is 1. The fraction of sp³-hybridized carbons (Fsp3) is 0.556. The summed E-state index contributed by atoms with van der Waals surface area (Å²) >= 11 is 0. The normalized spacial score (nSPS) is 20.5. The molecule has 23 heavy (non-hydrogen) atoms. The van der Waals surface area contributed by atoms with Crippen LogP contribution in [0.25, 0.3) is 0 Å². The van der Waals surface area contributed by atoms with Crippen LogP contribution in [0.5, 0.6) is 5.75 Å². The van der Waals surface area contributed by atoms with Crippen LogP contribution < -0.4 is 4.74 Å². The van der Waals surface area contributed by atoms with Crippen molar-refractivity contribution >= 4 is 11.9 Å². The number of rotatable bonds is 7. The fourth-order valence-corrected chi connectivity index (χ4v) is 2.87. The standard InChI is InChI=1S/C18H25NO4/c1-3-4-5-10-23-15-8-6-14(7-9-15)17(20)19-11-13(2)16(12-19)18(21)22/h6-9,13,16H,3-5,10-12H2,1-2H3,(H,21,22)/t13-,16-/m1/s1. The lowest BCUT2D eigenvalue weighted by atomic mass is 9.99. The Morgan fingerprint density at radius 2 is 1.91 bits per heavy atom. The van der Waals surface area contributed by atoms with E-state index >= 15 is 0 Å². The van der Waals surface area contributed by atoms with Crippen LogP contribution in [0.15, 0.2) is 24.3 Å². The van der Waals surface area contributed by atoms with Gasteiger partial charge in [0.25, 0.3) is 5.91 Å². The van der Waals surface area contributed by atoms with Gasteiger partial charge in [-0.15, -0.1) is 0 Å². The van der Waals surface area contributed by atoms with Gasteiger partial charge in [-0.25, -0.2) is 0 Å². The molecule has 0 bridgehead atoms. The summed E-state index contributed by atoms with van der Waals surface area (Å²) in [5, 5.41) is 9.16. The van der Waals surface area contributed by atoms with Crippen LogP contribution in [0.2, 0.25) is 0 Å². The molecule has 0 aromatic heterocycles. The van der Waals surface area contributed by atoms with Gasteiger partial charge in [0, 0.05) is 18.7 Å². The molecule has 0 saturated carbocycles. The van der Waals surface area contributed by atoms with Crippen molar-refractivity contribution in [1.29, 1.82) is 0 Å². The predicted molar refractivity (Wildman–Crippen MR) is 87.7 cm³/mol. The van der Waals surface area contributed by atoms with Gasteiger partial charge in [-0.3, -0.25) is 9.59 Å². The van der Waals surface area contributed by atoms with E-state index < -0.39 is 11.9 Å². The molecule has 5 heteroatoms. The predicted octanol–water partition coefficient (Wildman–Crippen LogP) is 3.05. The van der Waals surface area contributed by atoms with Crippen molar-refractivity contribution in [2.75, 3.05) is 19.7 Å². The second-order valence-electron chi connectivity index (χ2n) is 6.21. The summed E-state index contributed by atoms with van der Waals surface area (Å²) in [6.07, 6.45) is 3.33. The van der Waals surface area contributed by atoms with E-state index in [0.717, 1.165) is 25.0 Å². The molecule has 1 aromatic rings. The molecule has 1 amide bonds. The maximum atomic E-state index is 12.5. The average Bonchev–Trinajstić information content (AvgIpc) is 2.93. The van der Waals surface area contributed by atoms with Crippen LogP contribution in [0.4, 0.5) is 0 Å². The van der Waals surface area contributed by atoms with E-state index in [4.69, 9.17) is 9.84 Å². The molecule has 2 atom stereocenters. The Morgan fingerprint density at radius 3 is 2.48 bits per heavy atom. The molecule has 0 spiro atoms. The molecule has 0 unspecified atom stereocenters. The largest absolute Gasteiger partial charge is 0.494 e. The molecule has 1 heterocycles. The van der Waals surface area contributed by atoms with Crippen molar-refractivity contribution in [3.8, 4) is 5.75 Å². The van der Waals surface area contributed by atoms with Crippen molar-refractivity contribution in [3.05, 3.63) is 29.8 Å². The number of hydrogen-bond donors (Lipinski definition) is 1. The van der Waals surface area contributed by atoms with Crippen molar-refractivity contribution in [1.82, 2.24) is 4.90 Å². The molecule has 1 N–H and O–H groups in total. The zero-order chi connectivity index (χ0) is 16.8. The van der Waals surface area contributed by atoms with Gasteiger partial charge in [0.15, 0.2) is 0 Å². The van der Waals surface area contributed by atoms with Gasteiger partial charge in [-0.2, -0.15) is 0 Å². The molecule has 1 saturated heterocycles. The Balaban J connectivity index is 1.92. The average molecular weight is 319 g/mol. The van der Waals surface area contributed by atoms with Crippen LogP contribution in [0, 0.1) is 11.8 Å². The Labute approximate surface area is 137 Å². The summed E-state index contributed by atoms with van der Waals surface area (Å²) < 4.78 is 5.63. The van der Waals surface area contributed by atoms with Crippen LogP contribution in [-0.4, -0.2) is 41.6 Å². The van der Waals surface area contributed by atoms with Gasteiger partial charge >= 0.3 is 5.97 Å². The highest BCUT2D eigenvalue weighted by atomic mass is 16.5. The van der Waals surface area contributed by atoms with Crippen LogP contribution >= 0.6 is 0 Å². The van der Waals surface area contributed by atoms with E-state index in [-0.39, 0.29) is 18.4 Å². The number of carboxylic acid groups (broad SMARTS) is 1. The maximum Gasteiger partial charge on any atom is 0.308 e. The van der Waals surface area contributed by atoms with Gasteiger partial charge in [0.1, 0.15) is 5.75 Å². The van der Waals surface area contributed by atoms with Crippen molar-refractivity contribution < 1.29 is 19.4 Å². The topological polar surface area (TPSA) is 66.8 Å². The van der Waals surface area contributed by atoms with Crippen molar-refractivity contribution in [2.24, 2.45) is 11.8 Å². The monoisotopic (exact) mass is 319 g/mol. The second kappa shape index (κ2) is 7.99. The zero-order valence-electron chi connectivity index (χ0n) is 13.8. The molecule has 1 aliphatic rings. The van der Waals surface area contributed by atoms with E-state index in [2.05, 4.69) is 6.92 Å². The van der Waals surface area contributed by atoms with Crippen LogP contribution in [0.1, 0.15) is 43.5 Å². The molecule has 0 radical (unpaired) electrons. The smallest absolute Gasteiger partial charge is 0.308 e. The summed E-state index contributed by atoms with van der Waals surface area (Å²) in [4.78, 5) is 25.2. The Bertz CT molecular complexity index is 540. The van der Waals surface area contributed by atoms with Crippen LogP contribution in [-0.2, 0) is 4.79 Å². The second-order valence-corrected chi connectivity index (χ2v) is 6.21. The van der Waals surface area contributed by atoms with E-state index in [9.17, 15) is 9.59 Å². The third kappa shape index (κ3) is 4.47. The number of carbonyl (C=O) groups is 2. The number of nitrogens with zero attached hydrogens (tertiary/aromatic N) is 1. The minimum Gasteiger partial charge on any atom is -0.494 e. The Hall–Kier alpha value is -2.04. The third-order valence-corrected chi connectivity index (χ3v) is 4.33. The number of aliphatic carboxylic acids is 1. The van der Waals surface area contributed by atoms with E-state index in [0.29, 0.717) is 18.7 Å². The molecule has 0 aliphatic carbocycles. The van der Waals surface area contributed by atoms with Crippen molar-refractivity contribution in [2.45, 2.75) is 33.1 Å².